The van der Waals surface area contributed by atoms with Crippen molar-refractivity contribution in [2.75, 3.05) is 72.6 Å². The van der Waals surface area contributed by atoms with Crippen LogP contribution in [0.4, 0.5) is 10.5 Å². The number of nitrogens with two attached hydrogens (primary N) is 2. The van der Waals surface area contributed by atoms with Crippen LogP contribution in [-0.4, -0.2) is 118 Å². The minimum absolute atomic E-state index is 0.0373. The summed E-state index contributed by atoms with van der Waals surface area (Å²) in [6, 6.07) is 23.7. The third-order valence-corrected chi connectivity index (χ3v) is 13.4. The topological polar surface area (TPSA) is 273 Å². The van der Waals surface area contributed by atoms with Crippen LogP contribution in [-0.2, 0) is 55.7 Å². The Hall–Kier alpha value is -6.09. The van der Waals surface area contributed by atoms with Gasteiger partial charge in [0.05, 0.1) is 84.5 Å². The van der Waals surface area contributed by atoms with Crippen LogP contribution in [0.2, 0.25) is 0 Å². The predicted molar refractivity (Wildman–Crippen MR) is 258 cm³/mol. The van der Waals surface area contributed by atoms with Crippen LogP contribution >= 0.6 is 7.60 Å². The molecule has 1 aliphatic carbocycles. The van der Waals surface area contributed by atoms with Crippen LogP contribution in [0.5, 0.6) is 11.5 Å². The van der Waals surface area contributed by atoms with E-state index in [1.165, 1.54) is 6.42 Å². The maximum Gasteiger partial charge on any atom is 0.457 e. The normalized spacial score (nSPS) is 16.7. The molecule has 3 aromatic carbocycles. The number of benzene rings is 3. The molecule has 2 aliphatic rings. The lowest BCUT2D eigenvalue weighted by molar-refractivity contribution is -0.121. The number of fused-ring (bicyclic) bond motifs is 1. The number of hydrogen-bond donors (Lipinski definition) is 5. The molecule has 7 N–H and O–H groups in total. The molecular weight excluding hydrogens is 926 g/mol. The minimum Gasteiger partial charge on any atom is -0.447 e. The Balaban J connectivity index is 0.774. The van der Waals surface area contributed by atoms with Crippen LogP contribution in [0, 0.1) is 11.8 Å². The lowest BCUT2D eigenvalue weighted by atomic mass is 9.94. The van der Waals surface area contributed by atoms with E-state index in [0.717, 1.165) is 25.7 Å². The Morgan fingerprint density at radius 1 is 0.786 bits per heavy atom. The Kier molecular flexibility index (Phi) is 22.2. The monoisotopic (exact) mass is 991 g/mol. The summed E-state index contributed by atoms with van der Waals surface area (Å²) in [6.45, 7) is 4.15. The van der Waals surface area contributed by atoms with E-state index in [4.69, 9.17) is 48.9 Å². The molecule has 380 valence electrons. The van der Waals surface area contributed by atoms with E-state index in [0.29, 0.717) is 100 Å². The fourth-order valence-electron chi connectivity index (χ4n) is 8.05. The fourth-order valence-corrected chi connectivity index (χ4v) is 9.93. The highest BCUT2D eigenvalue weighted by molar-refractivity contribution is 7.55. The molecule has 0 bridgehead atoms. The third kappa shape index (κ3) is 18.7. The Morgan fingerprint density at radius 3 is 2.09 bits per heavy atom. The van der Waals surface area contributed by atoms with Gasteiger partial charge in [-0.1, -0.05) is 60.2 Å². The van der Waals surface area contributed by atoms with Crippen LogP contribution in [0.25, 0.3) is 0 Å². The quantitative estimate of drug-likeness (QED) is 0.0179. The molecule has 1 unspecified atom stereocenters. The van der Waals surface area contributed by atoms with Crippen molar-refractivity contribution >= 4 is 37.2 Å². The first-order chi connectivity index (χ1) is 34.1. The summed E-state index contributed by atoms with van der Waals surface area (Å²) < 4.78 is 61.9. The average Bonchev–Trinajstić information content (AvgIpc) is 4.07. The summed E-state index contributed by atoms with van der Waals surface area (Å²) in [7, 11) is -4.28. The first kappa shape index (κ1) is 53.3. The van der Waals surface area contributed by atoms with Crippen molar-refractivity contribution < 1.29 is 56.4 Å². The van der Waals surface area contributed by atoms with E-state index in [-0.39, 0.29) is 62.3 Å². The van der Waals surface area contributed by atoms with Gasteiger partial charge >= 0.3 is 13.7 Å². The second kappa shape index (κ2) is 29.2. The van der Waals surface area contributed by atoms with E-state index < -0.39 is 19.5 Å². The highest BCUT2D eigenvalue weighted by Crippen LogP contribution is 2.59. The van der Waals surface area contributed by atoms with Crippen LogP contribution in [0.15, 0.2) is 96.1 Å². The average molecular weight is 992 g/mol. The van der Waals surface area contributed by atoms with Gasteiger partial charge < -0.3 is 64.9 Å². The molecule has 4 aromatic rings. The Bertz CT molecular complexity index is 2210. The summed E-state index contributed by atoms with van der Waals surface area (Å²) >= 11 is 0. The standard InChI is InChI=1S/C48H66N9O12P/c49-47(50)52-39-19-17-37(18-20-39)46(70(61,68-41-10-3-1-4-11-41)69-42-12-5-2-6-13-42)54-48(60)67-32-31-65-29-30-66-35-40-34-57(56-55-40)22-24-63-26-28-64-27-25-62-23-21-51-43(58)14-8-7-9-36-15-16-38-33-44(59)53-45(36)38/h1-6,10-13,17-20,34,36,38,45-46H,7-9,14-16,21-33,35H2,(H,51,58)(H,53,59)(H,54,60)(H4,49,50,52)/t36-,38-,45-,46?/m0/s1. The fraction of sp³-hybridized carbons (Fsp3) is 0.500. The number of nitrogens with one attached hydrogen (secondary N) is 3. The van der Waals surface area contributed by atoms with E-state index in [2.05, 4.69) is 31.3 Å². The van der Waals surface area contributed by atoms with E-state index >= 15 is 0 Å². The number of ether oxygens (including phenoxy) is 6. The summed E-state index contributed by atoms with van der Waals surface area (Å²) in [5, 5.41) is 16.9. The van der Waals surface area contributed by atoms with Gasteiger partial charge in [0.2, 0.25) is 11.8 Å². The van der Waals surface area contributed by atoms with Crippen molar-refractivity contribution in [3.05, 3.63) is 102 Å². The lowest BCUT2D eigenvalue weighted by Crippen LogP contribution is -2.32. The summed E-state index contributed by atoms with van der Waals surface area (Å²) in [6.07, 6.45) is 7.30. The largest absolute Gasteiger partial charge is 0.457 e. The van der Waals surface area contributed by atoms with Gasteiger partial charge in [-0.25, -0.2) is 19.0 Å². The van der Waals surface area contributed by atoms with Gasteiger partial charge in [0.1, 0.15) is 23.8 Å². The van der Waals surface area contributed by atoms with Crippen molar-refractivity contribution in [1.82, 2.24) is 30.9 Å². The molecule has 1 saturated heterocycles. The summed E-state index contributed by atoms with van der Waals surface area (Å²) in [5.41, 5.74) is 12.5. The summed E-state index contributed by atoms with van der Waals surface area (Å²) in [5.74, 6) is 0.350. The molecule has 1 aromatic heterocycles. The van der Waals surface area contributed by atoms with Gasteiger partial charge in [-0.3, -0.25) is 9.59 Å². The van der Waals surface area contributed by atoms with Crippen LogP contribution in [0.1, 0.15) is 62.0 Å². The van der Waals surface area contributed by atoms with Crippen LogP contribution < -0.4 is 36.5 Å². The van der Waals surface area contributed by atoms with Gasteiger partial charge in [-0.15, -0.1) is 5.10 Å². The molecule has 3 amide bonds. The van der Waals surface area contributed by atoms with Gasteiger partial charge in [-0.05, 0) is 79.5 Å². The second-order valence-corrected chi connectivity index (χ2v) is 18.6. The number of amides is 3. The first-order valence-corrected chi connectivity index (χ1v) is 25.3. The molecule has 4 atom stereocenters. The van der Waals surface area contributed by atoms with Crippen molar-refractivity contribution in [3.63, 3.8) is 0 Å². The molecule has 2 heterocycles. The first-order valence-electron chi connectivity index (χ1n) is 23.7. The van der Waals surface area contributed by atoms with Crippen molar-refractivity contribution in [2.45, 2.75) is 69.9 Å². The zero-order valence-corrected chi connectivity index (χ0v) is 40.3. The van der Waals surface area contributed by atoms with Crippen molar-refractivity contribution in [3.8, 4) is 11.5 Å². The van der Waals surface area contributed by atoms with E-state index in [9.17, 15) is 18.9 Å². The number of alkyl carbamates (subject to hydrolysis) is 1. The smallest absolute Gasteiger partial charge is 0.447 e. The minimum atomic E-state index is -4.28. The zero-order valence-electron chi connectivity index (χ0n) is 39.4. The number of aromatic nitrogens is 3. The number of carbonyl (C=O) groups excluding carboxylic acids is 3. The molecule has 1 aliphatic heterocycles. The number of nitrogens with zero attached hydrogens (tertiary/aromatic N) is 4. The summed E-state index contributed by atoms with van der Waals surface area (Å²) in [4.78, 5) is 41.0. The third-order valence-electron chi connectivity index (χ3n) is 11.4. The maximum absolute atomic E-state index is 14.8. The lowest BCUT2D eigenvalue weighted by Gasteiger charge is -2.28. The molecule has 0 radical (unpaired) electrons. The van der Waals surface area contributed by atoms with Crippen molar-refractivity contribution in [1.29, 1.82) is 0 Å². The molecule has 6 rings (SSSR count). The highest BCUT2D eigenvalue weighted by atomic mass is 31.2. The number of guanidine groups is 1. The van der Waals surface area contributed by atoms with Crippen LogP contribution in [0.3, 0.4) is 0 Å². The van der Waals surface area contributed by atoms with E-state index in [1.54, 1.807) is 95.8 Å². The molecule has 70 heavy (non-hydrogen) atoms. The second-order valence-electron chi connectivity index (χ2n) is 16.6. The number of para-hydroxylation sites is 2. The molecule has 22 heteroatoms. The molecule has 21 nitrogen and oxygen atoms in total. The number of carbonyl (C=O) groups is 3. The molecule has 0 spiro atoms. The van der Waals surface area contributed by atoms with Gasteiger partial charge in [0.25, 0.3) is 0 Å². The van der Waals surface area contributed by atoms with Gasteiger partial charge in [0.15, 0.2) is 11.7 Å². The predicted octanol–water partition coefficient (Wildman–Crippen LogP) is 5.13. The van der Waals surface area contributed by atoms with Gasteiger partial charge in [-0.2, -0.15) is 0 Å². The number of unbranched alkanes of at least 4 members (excludes halogenated alkanes) is 1. The highest BCUT2D eigenvalue weighted by Gasteiger charge is 2.43. The number of rotatable bonds is 33. The Labute approximate surface area is 408 Å². The van der Waals surface area contributed by atoms with E-state index in [1.807, 2.05) is 0 Å². The SMILES string of the molecule is NC(N)=Nc1ccc(C(NC(=O)OCCOCCOCc2cn(CCOCCOCCOCCNC(=O)CCCC[C@H]3CC[C@H]4CC(=O)N[C@@H]34)nn2)P(=O)(Oc2ccccc2)Oc2ccccc2)cc1. The molecule has 2 fully saturated rings. The number of hydrogen-bond acceptors (Lipinski definition) is 15. The number of aliphatic imine (C=N–C) groups is 1. The zero-order chi connectivity index (χ0) is 49.2. The molecular formula is C48H66N9O12P. The van der Waals surface area contributed by atoms with Crippen molar-refractivity contribution in [2.24, 2.45) is 28.3 Å². The Morgan fingerprint density at radius 2 is 1.41 bits per heavy atom. The maximum atomic E-state index is 14.8. The van der Waals surface area contributed by atoms with Gasteiger partial charge in [0, 0.05) is 25.4 Å². The molecule has 1 saturated carbocycles.